The maximum Gasteiger partial charge on any atom is 0.319 e. The molecule has 0 unspecified atom stereocenters. The second-order valence-electron chi connectivity index (χ2n) is 7.04. The number of hydrogen-bond acceptors (Lipinski definition) is 3. The molecule has 0 aromatic heterocycles. The molecule has 0 spiro atoms. The van der Waals surface area contributed by atoms with E-state index in [1.165, 1.54) is 15.4 Å². The van der Waals surface area contributed by atoms with Gasteiger partial charge in [-0.3, -0.25) is 0 Å². The normalized spacial score (nSPS) is 14.4. The van der Waals surface area contributed by atoms with Gasteiger partial charge >= 0.3 is 6.03 Å². The first-order valence-electron chi connectivity index (χ1n) is 9.58. The SMILES string of the molecule is CCS(=O)(=O)N1CCc2c(cccc2NC(=O)NCCc2ccc(C)cc2)C1. The standard InChI is InChI=1S/C21H27N3O3S/c1-3-28(26,27)24-14-12-19-18(15-24)5-4-6-20(19)23-21(25)22-13-11-17-9-7-16(2)8-10-17/h4-10H,3,11-15H2,1-2H3,(H2,22,23,25). The van der Waals surface area contributed by atoms with Gasteiger partial charge in [0.05, 0.1) is 5.75 Å². The summed E-state index contributed by atoms with van der Waals surface area (Å²) in [5.41, 5.74) is 5.10. The monoisotopic (exact) mass is 401 g/mol. The average molecular weight is 402 g/mol. The van der Waals surface area contributed by atoms with Gasteiger partial charge in [-0.05, 0) is 49.4 Å². The van der Waals surface area contributed by atoms with E-state index in [0.29, 0.717) is 26.1 Å². The topological polar surface area (TPSA) is 78.5 Å². The van der Waals surface area contributed by atoms with Crippen molar-refractivity contribution in [2.45, 2.75) is 33.2 Å². The highest BCUT2D eigenvalue weighted by Crippen LogP contribution is 2.27. The third-order valence-electron chi connectivity index (χ3n) is 5.06. The van der Waals surface area contributed by atoms with Crippen LogP contribution in [0.1, 0.15) is 29.2 Å². The molecule has 1 aliphatic heterocycles. The van der Waals surface area contributed by atoms with Crippen LogP contribution in [0.5, 0.6) is 0 Å². The van der Waals surface area contributed by atoms with Gasteiger partial charge in [0.1, 0.15) is 0 Å². The fourth-order valence-corrected chi connectivity index (χ4v) is 4.43. The zero-order chi connectivity index (χ0) is 20.1. The molecule has 2 N–H and O–H groups in total. The number of sulfonamides is 1. The van der Waals surface area contributed by atoms with E-state index in [4.69, 9.17) is 0 Å². The van der Waals surface area contributed by atoms with Gasteiger partial charge in [0.2, 0.25) is 10.0 Å². The largest absolute Gasteiger partial charge is 0.338 e. The molecule has 28 heavy (non-hydrogen) atoms. The first-order chi connectivity index (χ1) is 13.4. The number of carbonyl (C=O) groups excluding carboxylic acids is 1. The quantitative estimate of drug-likeness (QED) is 0.781. The number of urea groups is 1. The predicted molar refractivity (Wildman–Crippen MR) is 112 cm³/mol. The van der Waals surface area contributed by atoms with Crippen LogP contribution in [-0.2, 0) is 29.4 Å². The van der Waals surface area contributed by atoms with Crippen LogP contribution in [0.2, 0.25) is 0 Å². The van der Waals surface area contributed by atoms with Crippen LogP contribution >= 0.6 is 0 Å². The number of amides is 2. The minimum absolute atomic E-state index is 0.101. The lowest BCUT2D eigenvalue weighted by Gasteiger charge is -2.29. The Morgan fingerprint density at radius 1 is 1.14 bits per heavy atom. The highest BCUT2D eigenvalue weighted by molar-refractivity contribution is 7.89. The maximum absolute atomic E-state index is 12.3. The summed E-state index contributed by atoms with van der Waals surface area (Å²) in [5.74, 6) is 0.101. The van der Waals surface area contributed by atoms with Gasteiger partial charge in [-0.25, -0.2) is 13.2 Å². The highest BCUT2D eigenvalue weighted by Gasteiger charge is 2.26. The Hall–Kier alpha value is -2.38. The van der Waals surface area contributed by atoms with Crippen molar-refractivity contribution < 1.29 is 13.2 Å². The third kappa shape index (κ3) is 4.91. The first kappa shape index (κ1) is 20.4. The minimum Gasteiger partial charge on any atom is -0.338 e. The number of benzene rings is 2. The average Bonchev–Trinajstić information content (AvgIpc) is 2.69. The maximum atomic E-state index is 12.3. The summed E-state index contributed by atoms with van der Waals surface area (Å²) in [6.45, 7) is 5.05. The zero-order valence-corrected chi connectivity index (χ0v) is 17.2. The smallest absolute Gasteiger partial charge is 0.319 e. The molecule has 2 aromatic rings. The van der Waals surface area contributed by atoms with E-state index in [2.05, 4.69) is 34.9 Å². The van der Waals surface area contributed by atoms with Gasteiger partial charge in [0.25, 0.3) is 0 Å². The molecule has 0 bridgehead atoms. The molecule has 2 amide bonds. The van der Waals surface area contributed by atoms with E-state index in [1.807, 2.05) is 25.1 Å². The number of aryl methyl sites for hydroxylation is 1. The molecular weight excluding hydrogens is 374 g/mol. The molecule has 0 radical (unpaired) electrons. The number of rotatable bonds is 6. The molecule has 3 rings (SSSR count). The van der Waals surface area contributed by atoms with Crippen molar-refractivity contribution in [2.24, 2.45) is 0 Å². The lowest BCUT2D eigenvalue weighted by Crippen LogP contribution is -2.37. The van der Waals surface area contributed by atoms with Crippen LogP contribution in [0.4, 0.5) is 10.5 Å². The Morgan fingerprint density at radius 2 is 1.89 bits per heavy atom. The third-order valence-corrected chi connectivity index (χ3v) is 6.89. The van der Waals surface area contributed by atoms with Crippen LogP contribution < -0.4 is 10.6 Å². The molecule has 0 fully saturated rings. The summed E-state index contributed by atoms with van der Waals surface area (Å²) in [6, 6.07) is 13.7. The van der Waals surface area contributed by atoms with Gasteiger partial charge in [-0.2, -0.15) is 4.31 Å². The van der Waals surface area contributed by atoms with Crippen LogP contribution in [0, 0.1) is 6.92 Å². The second kappa shape index (κ2) is 8.75. The molecule has 0 aliphatic carbocycles. The van der Waals surface area contributed by atoms with E-state index < -0.39 is 10.0 Å². The Kier molecular flexibility index (Phi) is 6.36. The van der Waals surface area contributed by atoms with E-state index in [0.717, 1.165) is 23.2 Å². The van der Waals surface area contributed by atoms with Crippen LogP contribution in [0.3, 0.4) is 0 Å². The van der Waals surface area contributed by atoms with E-state index in [-0.39, 0.29) is 11.8 Å². The molecule has 1 aliphatic rings. The number of hydrogen-bond donors (Lipinski definition) is 2. The molecule has 7 heteroatoms. The van der Waals surface area contributed by atoms with Gasteiger partial charge in [-0.15, -0.1) is 0 Å². The molecule has 0 saturated carbocycles. The van der Waals surface area contributed by atoms with Gasteiger partial charge < -0.3 is 10.6 Å². The van der Waals surface area contributed by atoms with Crippen molar-refractivity contribution in [3.05, 3.63) is 64.7 Å². The number of anilines is 1. The number of nitrogens with zero attached hydrogens (tertiary/aromatic N) is 1. The van der Waals surface area contributed by atoms with Crippen molar-refractivity contribution in [1.82, 2.24) is 9.62 Å². The summed E-state index contributed by atoms with van der Waals surface area (Å²) in [7, 11) is -3.21. The van der Waals surface area contributed by atoms with E-state index in [1.54, 1.807) is 6.92 Å². The molecular formula is C21H27N3O3S. The number of nitrogens with one attached hydrogen (secondary N) is 2. The summed E-state index contributed by atoms with van der Waals surface area (Å²) < 4.78 is 25.8. The van der Waals surface area contributed by atoms with E-state index >= 15 is 0 Å². The molecule has 1 heterocycles. The second-order valence-corrected chi connectivity index (χ2v) is 9.30. The van der Waals surface area contributed by atoms with Crippen LogP contribution in [0.15, 0.2) is 42.5 Å². The summed E-state index contributed by atoms with van der Waals surface area (Å²) in [5, 5.41) is 5.80. The Bertz CT molecular complexity index is 940. The molecule has 0 saturated heterocycles. The fourth-order valence-electron chi connectivity index (χ4n) is 3.36. The highest BCUT2D eigenvalue weighted by atomic mass is 32.2. The summed E-state index contributed by atoms with van der Waals surface area (Å²) in [4.78, 5) is 12.3. The van der Waals surface area contributed by atoms with Crippen molar-refractivity contribution in [3.8, 4) is 0 Å². The molecule has 6 nitrogen and oxygen atoms in total. The van der Waals surface area contributed by atoms with Crippen molar-refractivity contribution >= 4 is 21.7 Å². The Labute approximate surface area is 167 Å². The van der Waals surface area contributed by atoms with Crippen LogP contribution in [0.25, 0.3) is 0 Å². The first-order valence-corrected chi connectivity index (χ1v) is 11.2. The molecule has 150 valence electrons. The molecule has 2 aromatic carbocycles. The van der Waals surface area contributed by atoms with Gasteiger partial charge in [0.15, 0.2) is 0 Å². The van der Waals surface area contributed by atoms with Crippen molar-refractivity contribution in [3.63, 3.8) is 0 Å². The Balaban J connectivity index is 1.58. The van der Waals surface area contributed by atoms with E-state index in [9.17, 15) is 13.2 Å². The molecule has 0 atom stereocenters. The Morgan fingerprint density at radius 3 is 2.61 bits per heavy atom. The van der Waals surface area contributed by atoms with Crippen molar-refractivity contribution in [1.29, 1.82) is 0 Å². The zero-order valence-electron chi connectivity index (χ0n) is 16.4. The van der Waals surface area contributed by atoms with Gasteiger partial charge in [-0.1, -0.05) is 42.0 Å². The summed E-state index contributed by atoms with van der Waals surface area (Å²) in [6.07, 6.45) is 1.36. The predicted octanol–water partition coefficient (Wildman–Crippen LogP) is 3.07. The lowest BCUT2D eigenvalue weighted by atomic mass is 9.99. The summed E-state index contributed by atoms with van der Waals surface area (Å²) >= 11 is 0. The minimum atomic E-state index is -3.21. The van der Waals surface area contributed by atoms with Gasteiger partial charge in [0, 0.05) is 25.3 Å². The number of carbonyl (C=O) groups is 1. The lowest BCUT2D eigenvalue weighted by molar-refractivity contribution is 0.252. The fraction of sp³-hybridized carbons (Fsp3) is 0.381. The van der Waals surface area contributed by atoms with Crippen LogP contribution in [-0.4, -0.2) is 37.6 Å². The number of fused-ring (bicyclic) bond motifs is 1. The van der Waals surface area contributed by atoms with Crippen molar-refractivity contribution in [2.75, 3.05) is 24.2 Å².